The number of halogens is 1. The summed E-state index contributed by atoms with van der Waals surface area (Å²) in [5.41, 5.74) is 6.92. The van der Waals surface area contributed by atoms with E-state index in [2.05, 4.69) is 4.98 Å². The molecular weight excluding hydrogens is 336 g/mol. The molecule has 0 saturated heterocycles. The Labute approximate surface area is 128 Å². The van der Waals surface area contributed by atoms with Gasteiger partial charge in [-0.25, -0.2) is 13.4 Å². The molecule has 2 heterocycles. The zero-order valence-electron chi connectivity index (χ0n) is 10.0. The fourth-order valence-corrected chi connectivity index (χ4v) is 5.85. The summed E-state index contributed by atoms with van der Waals surface area (Å²) in [6.07, 6.45) is 0. The number of hydrogen-bond donors (Lipinski definition) is 1. The van der Waals surface area contributed by atoms with Crippen LogP contribution in [0.15, 0.2) is 34.7 Å². The molecule has 3 aromatic rings. The van der Waals surface area contributed by atoms with Gasteiger partial charge in [-0.2, -0.15) is 0 Å². The molecule has 0 bridgehead atoms. The van der Waals surface area contributed by atoms with Gasteiger partial charge in [0, 0.05) is 10.6 Å². The Bertz CT molecular complexity index is 883. The Hall–Kier alpha value is -1.15. The van der Waals surface area contributed by atoms with E-state index in [0.29, 0.717) is 20.4 Å². The number of sulfone groups is 1. The van der Waals surface area contributed by atoms with Gasteiger partial charge in [0.2, 0.25) is 14.2 Å². The molecule has 1 aromatic carbocycles. The number of nitrogens with zero attached hydrogens (tertiary/aromatic N) is 1. The van der Waals surface area contributed by atoms with Crippen LogP contribution in [-0.4, -0.2) is 13.4 Å². The molecule has 0 amide bonds. The lowest BCUT2D eigenvalue weighted by Crippen LogP contribution is -2.02. The molecule has 0 fully saturated rings. The molecule has 0 saturated carbocycles. The summed E-state index contributed by atoms with van der Waals surface area (Å²) in [6, 6.07) is 8.57. The molecule has 4 nitrogen and oxygen atoms in total. The average molecular weight is 345 g/mol. The Morgan fingerprint density at radius 3 is 2.70 bits per heavy atom. The van der Waals surface area contributed by atoms with Crippen LogP contribution in [-0.2, 0) is 15.6 Å². The number of aromatic nitrogens is 1. The predicted octanol–water partition coefficient (Wildman–Crippen LogP) is 3.57. The number of thiophene rings is 1. The van der Waals surface area contributed by atoms with Gasteiger partial charge in [-0.15, -0.1) is 22.7 Å². The van der Waals surface area contributed by atoms with Crippen LogP contribution in [0.4, 0.5) is 5.69 Å². The van der Waals surface area contributed by atoms with E-state index in [4.69, 9.17) is 17.3 Å². The highest BCUT2D eigenvalue weighted by atomic mass is 35.5. The number of rotatable bonds is 3. The van der Waals surface area contributed by atoms with Crippen LogP contribution >= 0.6 is 34.3 Å². The van der Waals surface area contributed by atoms with E-state index in [1.165, 1.54) is 11.3 Å². The highest BCUT2D eigenvalue weighted by Crippen LogP contribution is 2.31. The molecule has 0 atom stereocenters. The molecule has 8 heteroatoms. The Kier molecular flexibility index (Phi) is 3.45. The first kappa shape index (κ1) is 13.8. The Morgan fingerprint density at radius 1 is 1.20 bits per heavy atom. The minimum Gasteiger partial charge on any atom is -0.399 e. The van der Waals surface area contributed by atoms with Crippen molar-refractivity contribution in [2.75, 3.05) is 5.73 Å². The van der Waals surface area contributed by atoms with Gasteiger partial charge in [0.05, 0.1) is 20.3 Å². The second-order valence-electron chi connectivity index (χ2n) is 4.17. The van der Waals surface area contributed by atoms with E-state index in [9.17, 15) is 8.42 Å². The van der Waals surface area contributed by atoms with Crippen LogP contribution in [0.25, 0.3) is 10.2 Å². The topological polar surface area (TPSA) is 73.0 Å². The third-order valence-corrected chi connectivity index (χ3v) is 7.17. The van der Waals surface area contributed by atoms with Gasteiger partial charge in [0.25, 0.3) is 0 Å². The van der Waals surface area contributed by atoms with Crippen molar-refractivity contribution in [1.29, 1.82) is 0 Å². The molecule has 0 spiro atoms. The van der Waals surface area contributed by atoms with Crippen molar-refractivity contribution in [2.24, 2.45) is 0 Å². The van der Waals surface area contributed by atoms with Gasteiger partial charge in [0.1, 0.15) is 0 Å². The highest BCUT2D eigenvalue weighted by Gasteiger charge is 2.21. The van der Waals surface area contributed by atoms with Gasteiger partial charge in [0.15, 0.2) is 0 Å². The fraction of sp³-hybridized carbons (Fsp3) is 0.0833. The smallest absolute Gasteiger partial charge is 0.210 e. The van der Waals surface area contributed by atoms with Crippen LogP contribution < -0.4 is 5.73 Å². The van der Waals surface area contributed by atoms with E-state index < -0.39 is 9.84 Å². The number of nitrogen functional groups attached to an aromatic ring is 1. The minimum atomic E-state index is -3.46. The zero-order chi connectivity index (χ0) is 14.3. The van der Waals surface area contributed by atoms with Gasteiger partial charge in [-0.1, -0.05) is 11.6 Å². The molecule has 2 aromatic heterocycles. The second-order valence-corrected chi connectivity index (χ2v) is 9.17. The Morgan fingerprint density at radius 2 is 2.00 bits per heavy atom. The van der Waals surface area contributed by atoms with Crippen LogP contribution in [0, 0.1) is 0 Å². The van der Waals surface area contributed by atoms with Crippen LogP contribution in [0.3, 0.4) is 0 Å². The molecule has 104 valence electrons. The van der Waals surface area contributed by atoms with Crippen molar-refractivity contribution in [1.82, 2.24) is 4.98 Å². The summed E-state index contributed by atoms with van der Waals surface area (Å²) in [6.45, 7) is 0. The number of hydrogen-bond acceptors (Lipinski definition) is 6. The summed E-state index contributed by atoms with van der Waals surface area (Å²) in [5.74, 6) is -0.0836. The molecule has 0 aliphatic heterocycles. The van der Waals surface area contributed by atoms with Gasteiger partial charge in [-0.3, -0.25) is 0 Å². The van der Waals surface area contributed by atoms with Crippen LogP contribution in [0.2, 0.25) is 4.34 Å². The zero-order valence-corrected chi connectivity index (χ0v) is 13.2. The largest absolute Gasteiger partial charge is 0.399 e. The van der Waals surface area contributed by atoms with Crippen molar-refractivity contribution >= 4 is 60.0 Å². The van der Waals surface area contributed by atoms with Gasteiger partial charge < -0.3 is 5.73 Å². The predicted molar refractivity (Wildman–Crippen MR) is 84.3 cm³/mol. The Balaban J connectivity index is 2.00. The maximum Gasteiger partial charge on any atom is 0.210 e. The molecule has 0 aliphatic carbocycles. The molecule has 3 rings (SSSR count). The van der Waals surface area contributed by atoms with Crippen molar-refractivity contribution in [3.63, 3.8) is 0 Å². The van der Waals surface area contributed by atoms with Crippen molar-refractivity contribution in [2.45, 2.75) is 10.1 Å². The summed E-state index contributed by atoms with van der Waals surface area (Å²) in [7, 11) is -3.46. The van der Waals surface area contributed by atoms with Crippen molar-refractivity contribution in [3.8, 4) is 0 Å². The van der Waals surface area contributed by atoms with Crippen molar-refractivity contribution in [3.05, 3.63) is 39.5 Å². The fourth-order valence-electron chi connectivity index (χ4n) is 1.73. The third kappa shape index (κ3) is 2.67. The second kappa shape index (κ2) is 5.00. The van der Waals surface area contributed by atoms with E-state index in [1.807, 2.05) is 0 Å². The van der Waals surface area contributed by atoms with E-state index in [0.717, 1.165) is 16.0 Å². The molecule has 0 unspecified atom stereocenters. The molecule has 20 heavy (non-hydrogen) atoms. The summed E-state index contributed by atoms with van der Waals surface area (Å²) < 4.78 is 26.2. The van der Waals surface area contributed by atoms with Crippen molar-refractivity contribution < 1.29 is 8.42 Å². The van der Waals surface area contributed by atoms with E-state index >= 15 is 0 Å². The quantitative estimate of drug-likeness (QED) is 0.737. The molecule has 0 radical (unpaired) electrons. The number of nitrogens with two attached hydrogens (primary N) is 1. The first-order chi connectivity index (χ1) is 9.44. The minimum absolute atomic E-state index is 0.0836. The number of thiazole rings is 1. The first-order valence-corrected chi connectivity index (χ1v) is 9.23. The number of fused-ring (bicyclic) bond motifs is 1. The average Bonchev–Trinajstić information content (AvgIpc) is 2.95. The monoisotopic (exact) mass is 344 g/mol. The van der Waals surface area contributed by atoms with E-state index in [-0.39, 0.29) is 10.1 Å². The highest BCUT2D eigenvalue weighted by molar-refractivity contribution is 7.92. The maximum atomic E-state index is 12.3. The summed E-state index contributed by atoms with van der Waals surface area (Å²) in [5, 5.41) is 0. The molecule has 0 aliphatic rings. The maximum absolute atomic E-state index is 12.3. The lowest BCUT2D eigenvalue weighted by molar-refractivity contribution is 0.595. The van der Waals surface area contributed by atoms with Gasteiger partial charge >= 0.3 is 0 Å². The normalized spacial score (nSPS) is 12.1. The third-order valence-electron chi connectivity index (χ3n) is 2.62. The van der Waals surface area contributed by atoms with Gasteiger partial charge in [-0.05, 0) is 30.3 Å². The molecule has 2 N–H and O–H groups in total. The standard InChI is InChI=1S/C12H9ClN2O2S3/c13-11-4-2-8(18-11)6-20(16,17)12-15-9-3-1-7(14)5-10(9)19-12/h1-5H,6,14H2. The van der Waals surface area contributed by atoms with E-state index in [1.54, 1.807) is 30.3 Å². The molecular formula is C12H9ClN2O2S3. The number of anilines is 1. The van der Waals surface area contributed by atoms with Crippen LogP contribution in [0.1, 0.15) is 4.88 Å². The lowest BCUT2D eigenvalue weighted by Gasteiger charge is -1.97. The lowest BCUT2D eigenvalue weighted by atomic mass is 10.3. The number of benzene rings is 1. The first-order valence-electron chi connectivity index (χ1n) is 5.57. The SMILES string of the molecule is Nc1ccc2nc(S(=O)(=O)Cc3ccc(Cl)s3)sc2c1. The summed E-state index contributed by atoms with van der Waals surface area (Å²) in [4.78, 5) is 4.88. The van der Waals surface area contributed by atoms with Crippen LogP contribution in [0.5, 0.6) is 0 Å². The summed E-state index contributed by atoms with van der Waals surface area (Å²) >= 11 is 8.21.